The topological polar surface area (TPSA) is 159 Å². The molecule has 13 nitrogen and oxygen atoms in total. The molecule has 2 fully saturated rings. The number of ether oxygens (including phenoxy) is 2. The summed E-state index contributed by atoms with van der Waals surface area (Å²) in [6.45, 7) is 11.3. The number of carbonyl (C=O) groups is 3. The summed E-state index contributed by atoms with van der Waals surface area (Å²) in [5.74, 6) is -3.72. The van der Waals surface area contributed by atoms with E-state index >= 15 is 8.78 Å². The van der Waals surface area contributed by atoms with Crippen LogP contribution >= 0.6 is 0 Å². The van der Waals surface area contributed by atoms with Gasteiger partial charge in [0.1, 0.15) is 22.4 Å². The lowest BCUT2D eigenvalue weighted by Gasteiger charge is -2.25. The van der Waals surface area contributed by atoms with E-state index in [2.05, 4.69) is 15.3 Å². The van der Waals surface area contributed by atoms with Crippen molar-refractivity contribution < 1.29 is 37.7 Å². The number of nitrogens with zero attached hydrogens (tertiary/aromatic N) is 4. The number of nitrogens with one attached hydrogen (secondary N) is 2. The van der Waals surface area contributed by atoms with E-state index in [-0.39, 0.29) is 39.1 Å². The number of carboxylic acids is 1. The average Bonchev–Trinajstić information content (AvgIpc) is 3.35. The second kappa shape index (κ2) is 12.2. The number of hydrogen-bond acceptors (Lipinski definition) is 8. The van der Waals surface area contributed by atoms with Gasteiger partial charge in [-0.25, -0.2) is 28.1 Å². The molecule has 1 aromatic carbocycles. The van der Waals surface area contributed by atoms with Gasteiger partial charge in [-0.3, -0.25) is 14.1 Å². The number of alkyl carbamates (subject to hydrolysis) is 1. The number of aromatic nitrogens is 3. The molecule has 3 N–H and O–H groups in total. The van der Waals surface area contributed by atoms with Crippen LogP contribution in [0.1, 0.15) is 64.7 Å². The monoisotopic (exact) mass is 730 g/mol. The van der Waals surface area contributed by atoms with Crippen LogP contribution in [-0.4, -0.2) is 75.0 Å². The Labute approximate surface area is 302 Å². The zero-order chi connectivity index (χ0) is 38.4. The number of anilines is 2. The quantitative estimate of drug-likeness (QED) is 0.176. The van der Waals surface area contributed by atoms with Crippen LogP contribution in [-0.2, 0) is 9.47 Å². The zero-order valence-corrected chi connectivity index (χ0v) is 30.4. The molecule has 15 heteroatoms. The van der Waals surface area contributed by atoms with Crippen molar-refractivity contribution in [3.8, 4) is 11.1 Å². The van der Waals surface area contributed by atoms with E-state index in [1.165, 1.54) is 29.8 Å². The van der Waals surface area contributed by atoms with E-state index in [1.54, 1.807) is 59.9 Å². The number of aromatic carboxylic acids is 1. The zero-order valence-electron chi connectivity index (χ0n) is 30.4. The molecular formula is C38H40F2N6O7. The Morgan fingerprint density at radius 2 is 1.75 bits per heavy atom. The molecule has 4 aromatic heterocycles. The predicted molar refractivity (Wildman–Crippen MR) is 195 cm³/mol. The molecule has 2 amide bonds. The Morgan fingerprint density at radius 3 is 2.43 bits per heavy atom. The highest BCUT2D eigenvalue weighted by Crippen LogP contribution is 2.55. The highest BCUT2D eigenvalue weighted by molar-refractivity contribution is 6.19. The molecule has 2 atom stereocenters. The van der Waals surface area contributed by atoms with E-state index in [0.29, 0.717) is 48.3 Å². The summed E-state index contributed by atoms with van der Waals surface area (Å²) in [5, 5.41) is 12.7. The first kappa shape index (κ1) is 35.7. The molecule has 278 valence electrons. The van der Waals surface area contributed by atoms with Crippen molar-refractivity contribution >= 4 is 57.0 Å². The number of pyridine rings is 3. The van der Waals surface area contributed by atoms with Crippen molar-refractivity contribution in [3.63, 3.8) is 0 Å². The summed E-state index contributed by atoms with van der Waals surface area (Å²) in [6, 6.07) is 6.91. The van der Waals surface area contributed by atoms with Gasteiger partial charge in [0.05, 0.1) is 27.7 Å². The molecule has 0 bridgehead atoms. The van der Waals surface area contributed by atoms with Gasteiger partial charge in [-0.15, -0.1) is 0 Å². The van der Waals surface area contributed by atoms with Crippen LogP contribution in [0, 0.1) is 17.0 Å². The molecule has 53 heavy (non-hydrogen) atoms. The van der Waals surface area contributed by atoms with Gasteiger partial charge in [0.2, 0.25) is 0 Å². The third-order valence-electron chi connectivity index (χ3n) is 9.75. The summed E-state index contributed by atoms with van der Waals surface area (Å²) in [6.07, 6.45) is 3.10. The van der Waals surface area contributed by atoms with Crippen molar-refractivity contribution in [1.82, 2.24) is 19.7 Å². The predicted octanol–water partition coefficient (Wildman–Crippen LogP) is 6.84. The molecule has 5 heterocycles. The van der Waals surface area contributed by atoms with Gasteiger partial charge in [-0.05, 0) is 72.6 Å². The Hall–Kier alpha value is -5.73. The maximum atomic E-state index is 16.2. The molecule has 1 spiro atoms. The summed E-state index contributed by atoms with van der Waals surface area (Å²) >= 11 is 0. The number of carboxylic acid groups (broad SMARTS) is 1. The van der Waals surface area contributed by atoms with Crippen LogP contribution in [0.5, 0.6) is 0 Å². The van der Waals surface area contributed by atoms with Crippen LogP contribution in [0.3, 0.4) is 0 Å². The highest BCUT2D eigenvalue weighted by atomic mass is 19.2. The van der Waals surface area contributed by atoms with Gasteiger partial charge in [-0.1, -0.05) is 6.07 Å². The largest absolute Gasteiger partial charge is 0.477 e. The number of amides is 2. The number of hydrogen-bond donors (Lipinski definition) is 3. The van der Waals surface area contributed by atoms with E-state index in [1.807, 2.05) is 4.90 Å². The minimum absolute atomic E-state index is 0.0267. The van der Waals surface area contributed by atoms with E-state index in [4.69, 9.17) is 9.47 Å². The van der Waals surface area contributed by atoms with Crippen molar-refractivity contribution in [1.29, 1.82) is 0 Å². The first-order chi connectivity index (χ1) is 24.8. The number of benzene rings is 1. The van der Waals surface area contributed by atoms with Crippen LogP contribution in [0.2, 0.25) is 0 Å². The average molecular weight is 731 g/mol. The molecule has 1 aliphatic carbocycles. The number of aromatic amines is 1. The number of fused-ring (bicyclic) bond motifs is 4. The normalized spacial score (nSPS) is 18.6. The van der Waals surface area contributed by atoms with Gasteiger partial charge in [0.15, 0.2) is 11.6 Å². The standard InChI is InChI=1S/C38H40F2N6O7/c1-36(2,3)52-34(50)42-25-15-38(25)12-13-45(18-38)30-22(19-8-9-20-10-11-21(33(48)49)32(47)46(20)17-19)16-41-31-27(30)26-28(40)23(39)14-24(29(26)43-31)44(7)35(51)53-37(4,5)6/h8-11,14,16-17,25H,12-13,15,18H2,1-7H3,(H,41,43)(H,42,50)(H,48,49)/t25-,38+/m0/s1. The minimum atomic E-state index is -1.37. The SMILES string of the molecule is CN(C(=O)OC(C)(C)C)c1cc(F)c(F)c2c1[nH]c1ncc(-c3ccc4ccc(C(=O)O)c(=O)n4c3)c(N3CC[C@@]4(C[C@@H]4NC(=O)OC(C)(C)C)C3)c12. The molecule has 0 unspecified atom stereocenters. The first-order valence-corrected chi connectivity index (χ1v) is 17.2. The smallest absolute Gasteiger partial charge is 0.414 e. The van der Waals surface area contributed by atoms with E-state index < -0.39 is 52.1 Å². The maximum Gasteiger partial charge on any atom is 0.414 e. The number of halogens is 2. The van der Waals surface area contributed by atoms with E-state index in [9.17, 15) is 24.3 Å². The van der Waals surface area contributed by atoms with Gasteiger partial charge >= 0.3 is 18.2 Å². The van der Waals surface area contributed by atoms with Crippen molar-refractivity contribution in [2.45, 2.75) is 71.6 Å². The lowest BCUT2D eigenvalue weighted by atomic mass is 10.0. The molecule has 0 radical (unpaired) electrons. The van der Waals surface area contributed by atoms with Gasteiger partial charge in [0, 0.05) is 66.7 Å². The Kier molecular flexibility index (Phi) is 8.19. The van der Waals surface area contributed by atoms with Crippen LogP contribution in [0.4, 0.5) is 29.7 Å². The number of H-pyrrole nitrogens is 1. The molecule has 1 saturated carbocycles. The molecule has 2 aliphatic rings. The fraction of sp³-hybridized carbons (Fsp3) is 0.395. The molecule has 5 aromatic rings. The van der Waals surface area contributed by atoms with Crippen LogP contribution < -0.4 is 20.7 Å². The van der Waals surface area contributed by atoms with Crippen molar-refractivity contribution in [3.05, 3.63) is 70.3 Å². The number of carbonyl (C=O) groups excluding carboxylic acids is 2. The second-order valence-electron chi connectivity index (χ2n) is 15.9. The Morgan fingerprint density at radius 1 is 1.06 bits per heavy atom. The fourth-order valence-electron chi connectivity index (χ4n) is 7.21. The summed E-state index contributed by atoms with van der Waals surface area (Å²) in [5.41, 5.74) is -0.790. The molecular weight excluding hydrogens is 690 g/mol. The minimum Gasteiger partial charge on any atom is -0.477 e. The Balaban J connectivity index is 1.41. The molecule has 1 saturated heterocycles. The van der Waals surface area contributed by atoms with E-state index in [0.717, 1.165) is 11.0 Å². The van der Waals surface area contributed by atoms with Crippen molar-refractivity contribution in [2.75, 3.05) is 29.9 Å². The lowest BCUT2D eigenvalue weighted by Crippen LogP contribution is -2.36. The summed E-state index contributed by atoms with van der Waals surface area (Å²) < 4.78 is 44.1. The van der Waals surface area contributed by atoms with Crippen LogP contribution in [0.25, 0.3) is 38.6 Å². The third-order valence-corrected chi connectivity index (χ3v) is 9.75. The lowest BCUT2D eigenvalue weighted by molar-refractivity contribution is 0.0514. The summed E-state index contributed by atoms with van der Waals surface area (Å²) in [7, 11) is 1.40. The van der Waals surface area contributed by atoms with Gasteiger partial charge in [0.25, 0.3) is 5.56 Å². The Bertz CT molecular complexity index is 2430. The van der Waals surface area contributed by atoms with Crippen LogP contribution in [0.15, 0.2) is 47.5 Å². The fourth-order valence-corrected chi connectivity index (χ4v) is 7.21. The van der Waals surface area contributed by atoms with Crippen molar-refractivity contribution in [2.24, 2.45) is 5.41 Å². The van der Waals surface area contributed by atoms with Gasteiger partial charge < -0.3 is 29.8 Å². The number of rotatable bonds is 5. The second-order valence-corrected chi connectivity index (χ2v) is 15.9. The first-order valence-electron chi connectivity index (χ1n) is 17.2. The molecule has 7 rings (SSSR count). The third kappa shape index (κ3) is 6.37. The van der Waals surface area contributed by atoms with Gasteiger partial charge in [-0.2, -0.15) is 0 Å². The maximum absolute atomic E-state index is 16.2. The molecule has 1 aliphatic heterocycles. The summed E-state index contributed by atoms with van der Waals surface area (Å²) in [4.78, 5) is 61.7. The highest BCUT2D eigenvalue weighted by Gasteiger charge is 2.59.